The standard InChI is InChI=1S/C15H38O6Si3/c1-7-10-11-12-13-14-15(18-8-2,19-9-3)22-20-24(16,17)21-23(4,5)6/h16-17H,7-14,22H2,1-6H3. The van der Waals surface area contributed by atoms with Crippen molar-refractivity contribution in [2.24, 2.45) is 0 Å². The molecule has 0 aromatic carbocycles. The van der Waals surface area contributed by atoms with Crippen LogP contribution in [0.2, 0.25) is 19.6 Å². The summed E-state index contributed by atoms with van der Waals surface area (Å²) in [6.45, 7) is 12.7. The molecule has 0 aliphatic heterocycles. The van der Waals surface area contributed by atoms with Crippen LogP contribution in [-0.4, -0.2) is 55.3 Å². The van der Waals surface area contributed by atoms with Gasteiger partial charge in [0.25, 0.3) is 0 Å². The van der Waals surface area contributed by atoms with Crippen LogP contribution in [0.5, 0.6) is 0 Å². The molecule has 0 radical (unpaired) electrons. The zero-order valence-electron chi connectivity index (χ0n) is 16.4. The molecule has 0 bridgehead atoms. The molecule has 0 aromatic rings. The summed E-state index contributed by atoms with van der Waals surface area (Å²) in [6.07, 6.45) is 6.47. The summed E-state index contributed by atoms with van der Waals surface area (Å²) in [6, 6.07) is 0. The van der Waals surface area contributed by atoms with Gasteiger partial charge in [0.1, 0.15) is 0 Å². The van der Waals surface area contributed by atoms with Gasteiger partial charge in [0.05, 0.1) is 0 Å². The highest BCUT2D eigenvalue weighted by Crippen LogP contribution is 2.23. The van der Waals surface area contributed by atoms with Crippen molar-refractivity contribution in [1.82, 2.24) is 0 Å². The van der Waals surface area contributed by atoms with Gasteiger partial charge >= 0.3 is 9.05 Å². The van der Waals surface area contributed by atoms with Crippen molar-refractivity contribution in [1.29, 1.82) is 0 Å². The molecule has 0 fully saturated rings. The van der Waals surface area contributed by atoms with Crippen LogP contribution in [0.15, 0.2) is 0 Å². The smallest absolute Gasteiger partial charge is 0.395 e. The first-order valence-corrected chi connectivity index (χ1v) is 15.6. The maximum atomic E-state index is 10.1. The molecule has 0 saturated carbocycles. The van der Waals surface area contributed by atoms with Crippen molar-refractivity contribution in [3.05, 3.63) is 0 Å². The molecule has 0 unspecified atom stereocenters. The molecule has 0 spiro atoms. The summed E-state index contributed by atoms with van der Waals surface area (Å²) in [4.78, 5) is 20.2. The first-order chi connectivity index (χ1) is 11.1. The van der Waals surface area contributed by atoms with Crippen LogP contribution in [0.3, 0.4) is 0 Å². The van der Waals surface area contributed by atoms with Gasteiger partial charge < -0.3 is 27.3 Å². The van der Waals surface area contributed by atoms with Gasteiger partial charge in [0.2, 0.25) is 9.76 Å². The molecule has 0 aromatic heterocycles. The van der Waals surface area contributed by atoms with Crippen LogP contribution < -0.4 is 0 Å². The molecule has 0 aliphatic carbocycles. The highest BCUT2D eigenvalue weighted by atomic mass is 28.5. The van der Waals surface area contributed by atoms with Gasteiger partial charge in [0.15, 0.2) is 13.7 Å². The molecule has 0 saturated heterocycles. The number of hydrogen-bond donors (Lipinski definition) is 2. The summed E-state index contributed by atoms with van der Waals surface area (Å²) in [7, 11) is -7.69. The molecule has 2 N–H and O–H groups in total. The van der Waals surface area contributed by atoms with E-state index in [0.29, 0.717) is 13.2 Å². The van der Waals surface area contributed by atoms with E-state index in [1.165, 1.54) is 19.3 Å². The van der Waals surface area contributed by atoms with Crippen molar-refractivity contribution in [3.8, 4) is 0 Å². The highest BCUT2D eigenvalue weighted by molar-refractivity contribution is 6.78. The van der Waals surface area contributed by atoms with Crippen molar-refractivity contribution >= 4 is 27.1 Å². The first-order valence-electron chi connectivity index (χ1n) is 9.16. The third-order valence-electron chi connectivity index (χ3n) is 3.40. The molecular weight excluding hydrogens is 360 g/mol. The van der Waals surface area contributed by atoms with Gasteiger partial charge in [-0.2, -0.15) is 0 Å². The fraction of sp³-hybridized carbons (Fsp3) is 1.00. The van der Waals surface area contributed by atoms with Gasteiger partial charge in [-0.1, -0.05) is 32.6 Å². The Morgan fingerprint density at radius 3 is 1.88 bits per heavy atom. The molecule has 9 heteroatoms. The van der Waals surface area contributed by atoms with E-state index in [9.17, 15) is 9.59 Å². The summed E-state index contributed by atoms with van der Waals surface area (Å²) in [5, 5.41) is 0. The second kappa shape index (κ2) is 11.9. The Balaban J connectivity index is 4.73. The Morgan fingerprint density at radius 2 is 1.42 bits per heavy atom. The van der Waals surface area contributed by atoms with E-state index in [1.807, 2.05) is 33.5 Å². The van der Waals surface area contributed by atoms with Crippen LogP contribution in [0.1, 0.15) is 59.3 Å². The van der Waals surface area contributed by atoms with E-state index in [4.69, 9.17) is 17.7 Å². The molecule has 146 valence electrons. The lowest BCUT2D eigenvalue weighted by atomic mass is 10.1. The molecule has 0 rings (SSSR count). The van der Waals surface area contributed by atoms with Crippen LogP contribution in [-0.2, 0) is 17.7 Å². The quantitative estimate of drug-likeness (QED) is 0.251. The average molecular weight is 399 g/mol. The minimum absolute atomic E-state index is 0.506. The SMILES string of the molecule is CCCCCCCC(OCC)(OCC)[SiH2]O[Si](O)(O)O[Si](C)(C)C. The molecule has 0 amide bonds. The predicted molar refractivity (Wildman–Crippen MR) is 104 cm³/mol. The van der Waals surface area contributed by atoms with Crippen molar-refractivity contribution < 1.29 is 27.3 Å². The molecule has 0 aliphatic rings. The van der Waals surface area contributed by atoms with Crippen LogP contribution in [0.4, 0.5) is 0 Å². The summed E-state index contributed by atoms with van der Waals surface area (Å²) < 4.78 is 22.7. The topological polar surface area (TPSA) is 77.4 Å². The van der Waals surface area contributed by atoms with Crippen LogP contribution in [0.25, 0.3) is 0 Å². The highest BCUT2D eigenvalue weighted by Gasteiger charge is 2.44. The van der Waals surface area contributed by atoms with Crippen LogP contribution >= 0.6 is 0 Å². The number of unbranched alkanes of at least 4 members (excludes halogenated alkanes) is 4. The van der Waals surface area contributed by atoms with E-state index in [2.05, 4.69) is 6.92 Å². The number of ether oxygens (including phenoxy) is 2. The largest absolute Gasteiger partial charge is 0.652 e. The Morgan fingerprint density at radius 1 is 0.875 bits per heavy atom. The number of hydrogen-bond acceptors (Lipinski definition) is 6. The molecule has 6 nitrogen and oxygen atoms in total. The molecule has 0 atom stereocenters. The summed E-state index contributed by atoms with van der Waals surface area (Å²) >= 11 is 0. The lowest BCUT2D eigenvalue weighted by molar-refractivity contribution is -0.186. The van der Waals surface area contributed by atoms with E-state index in [-0.39, 0.29) is 0 Å². The normalized spacial score (nSPS) is 14.0. The minimum atomic E-state index is -4.10. The number of rotatable bonds is 15. The van der Waals surface area contributed by atoms with E-state index >= 15 is 0 Å². The fourth-order valence-electron chi connectivity index (χ4n) is 2.50. The van der Waals surface area contributed by atoms with Crippen molar-refractivity contribution in [3.63, 3.8) is 0 Å². The Hall–Kier alpha value is 0.411. The summed E-state index contributed by atoms with van der Waals surface area (Å²) in [5.74, 6) is 0. The van der Waals surface area contributed by atoms with Gasteiger partial charge in [-0.15, -0.1) is 0 Å². The van der Waals surface area contributed by atoms with E-state index in [1.54, 1.807) is 0 Å². The summed E-state index contributed by atoms with van der Waals surface area (Å²) in [5.41, 5.74) is -0.803. The molecule has 0 heterocycles. The lowest BCUT2D eigenvalue weighted by Crippen LogP contribution is -2.55. The Kier molecular flexibility index (Phi) is 12.1. The molecular formula is C15H38O6Si3. The maximum Gasteiger partial charge on any atom is 0.652 e. The average Bonchev–Trinajstić information content (AvgIpc) is 2.43. The van der Waals surface area contributed by atoms with Crippen molar-refractivity contribution in [2.45, 2.75) is 84.3 Å². The molecule has 24 heavy (non-hydrogen) atoms. The Labute approximate surface area is 152 Å². The first kappa shape index (κ1) is 24.4. The Bertz CT molecular complexity index is 317. The van der Waals surface area contributed by atoms with Crippen molar-refractivity contribution in [2.75, 3.05) is 13.2 Å². The van der Waals surface area contributed by atoms with Gasteiger partial charge in [0, 0.05) is 13.2 Å². The zero-order chi connectivity index (χ0) is 18.7. The fourth-order valence-corrected chi connectivity index (χ4v) is 9.06. The van der Waals surface area contributed by atoms with Gasteiger partial charge in [-0.3, -0.25) is 0 Å². The predicted octanol–water partition coefficient (Wildman–Crippen LogP) is 2.45. The third-order valence-corrected chi connectivity index (χ3v) is 10.2. The van der Waals surface area contributed by atoms with Gasteiger partial charge in [-0.05, 0) is 46.3 Å². The zero-order valence-corrected chi connectivity index (χ0v) is 19.8. The third kappa shape index (κ3) is 11.9. The van der Waals surface area contributed by atoms with Crippen LogP contribution in [0, 0.1) is 0 Å². The second-order valence-corrected chi connectivity index (χ2v) is 15.7. The second-order valence-electron chi connectivity index (χ2n) is 6.99. The lowest BCUT2D eigenvalue weighted by Gasteiger charge is -2.35. The van der Waals surface area contributed by atoms with E-state index < -0.39 is 32.5 Å². The monoisotopic (exact) mass is 398 g/mol. The van der Waals surface area contributed by atoms with E-state index in [0.717, 1.165) is 19.3 Å². The minimum Gasteiger partial charge on any atom is -0.395 e. The van der Waals surface area contributed by atoms with Gasteiger partial charge in [-0.25, -0.2) is 0 Å². The maximum absolute atomic E-state index is 10.1.